The van der Waals surface area contributed by atoms with Gasteiger partial charge in [-0.05, 0) is 55.0 Å². The number of ether oxygens (including phenoxy) is 1. The smallest absolute Gasteiger partial charge is 0.282 e. The molecule has 8 heteroatoms. The highest BCUT2D eigenvalue weighted by molar-refractivity contribution is 6.32. The zero-order chi connectivity index (χ0) is 23.4. The molecule has 3 aromatic rings. The number of hydrogen-bond donors (Lipinski definition) is 2. The fraction of sp³-hybridized carbons (Fsp3) is 0.0800. The highest BCUT2D eigenvalue weighted by Crippen LogP contribution is 2.28. The first-order chi connectivity index (χ1) is 15.9. The van der Waals surface area contributed by atoms with Gasteiger partial charge in [0.1, 0.15) is 11.3 Å². The number of carbonyl (C=O) groups is 3. The lowest BCUT2D eigenvalue weighted by molar-refractivity contribution is -0.118. The van der Waals surface area contributed by atoms with Crippen molar-refractivity contribution in [2.75, 3.05) is 16.9 Å². The Morgan fingerprint density at radius 1 is 1.06 bits per heavy atom. The molecule has 1 heterocycles. The van der Waals surface area contributed by atoms with Crippen LogP contribution in [-0.2, 0) is 14.4 Å². The maximum Gasteiger partial charge on any atom is 0.282 e. The van der Waals surface area contributed by atoms with Crippen molar-refractivity contribution >= 4 is 46.8 Å². The second kappa shape index (κ2) is 9.58. The average molecular weight is 462 g/mol. The fourth-order valence-electron chi connectivity index (χ4n) is 3.28. The molecule has 7 nitrogen and oxygen atoms in total. The minimum Gasteiger partial charge on any atom is -0.483 e. The van der Waals surface area contributed by atoms with E-state index in [4.69, 9.17) is 16.3 Å². The molecule has 0 aromatic heterocycles. The van der Waals surface area contributed by atoms with Gasteiger partial charge in [-0.3, -0.25) is 19.8 Å². The number of aryl methyl sites for hydroxylation is 1. The maximum atomic E-state index is 12.9. The number of nitrogens with zero attached hydrogens (tertiary/aromatic N) is 1. The number of para-hydroxylation sites is 2. The first kappa shape index (κ1) is 22.1. The maximum absolute atomic E-state index is 12.9. The molecule has 0 aliphatic carbocycles. The van der Waals surface area contributed by atoms with Gasteiger partial charge in [0.2, 0.25) is 0 Å². The van der Waals surface area contributed by atoms with Crippen molar-refractivity contribution in [1.82, 2.24) is 5.43 Å². The van der Waals surface area contributed by atoms with Gasteiger partial charge >= 0.3 is 0 Å². The summed E-state index contributed by atoms with van der Waals surface area (Å²) in [6.07, 6.45) is 1.40. The van der Waals surface area contributed by atoms with E-state index < -0.39 is 11.8 Å². The van der Waals surface area contributed by atoms with Crippen molar-refractivity contribution in [2.45, 2.75) is 6.92 Å². The summed E-state index contributed by atoms with van der Waals surface area (Å²) in [6.45, 7) is 1.63. The molecule has 166 valence electrons. The van der Waals surface area contributed by atoms with Crippen molar-refractivity contribution in [3.63, 3.8) is 0 Å². The summed E-state index contributed by atoms with van der Waals surface area (Å²) in [5.41, 5.74) is 5.03. The summed E-state index contributed by atoms with van der Waals surface area (Å²) in [5.74, 6) is -1.09. The van der Waals surface area contributed by atoms with E-state index in [9.17, 15) is 14.4 Å². The lowest BCUT2D eigenvalue weighted by Crippen LogP contribution is -2.35. The molecule has 1 aliphatic rings. The number of hydrogen-bond acceptors (Lipinski definition) is 4. The Morgan fingerprint density at radius 3 is 2.55 bits per heavy atom. The number of anilines is 2. The number of amides is 3. The van der Waals surface area contributed by atoms with Gasteiger partial charge in [0.15, 0.2) is 6.61 Å². The molecule has 0 unspecified atom stereocenters. The van der Waals surface area contributed by atoms with Crippen molar-refractivity contribution < 1.29 is 19.1 Å². The van der Waals surface area contributed by atoms with Gasteiger partial charge in [-0.1, -0.05) is 48.0 Å². The second-order valence-electron chi connectivity index (χ2n) is 7.31. The number of benzene rings is 3. The van der Waals surface area contributed by atoms with Crippen molar-refractivity contribution in [3.05, 3.63) is 94.5 Å². The molecule has 1 fully saturated rings. The zero-order valence-electron chi connectivity index (χ0n) is 17.7. The topological polar surface area (TPSA) is 87.7 Å². The van der Waals surface area contributed by atoms with Gasteiger partial charge in [-0.2, -0.15) is 0 Å². The molecule has 1 aliphatic heterocycles. The predicted molar refractivity (Wildman–Crippen MR) is 127 cm³/mol. The quantitative estimate of drug-likeness (QED) is 0.427. The van der Waals surface area contributed by atoms with E-state index >= 15 is 0 Å². The Hall–Kier alpha value is -4.10. The van der Waals surface area contributed by atoms with Crippen LogP contribution in [0.25, 0.3) is 6.08 Å². The minimum absolute atomic E-state index is 0.0738. The number of hydrazine groups is 1. The molecule has 0 atom stereocenters. The largest absolute Gasteiger partial charge is 0.483 e. The first-order valence-corrected chi connectivity index (χ1v) is 10.5. The predicted octanol–water partition coefficient (Wildman–Crippen LogP) is 4.13. The second-order valence-corrected chi connectivity index (χ2v) is 7.75. The van der Waals surface area contributed by atoms with Gasteiger partial charge in [0.25, 0.3) is 17.7 Å². The van der Waals surface area contributed by atoms with Crippen molar-refractivity contribution in [3.8, 4) is 5.75 Å². The number of carbonyl (C=O) groups excluding carboxylic acids is 3. The van der Waals surface area contributed by atoms with Crippen LogP contribution in [0.2, 0.25) is 5.02 Å². The van der Waals surface area contributed by atoms with Gasteiger partial charge in [-0.15, -0.1) is 0 Å². The fourth-order valence-corrected chi connectivity index (χ4v) is 3.46. The summed E-state index contributed by atoms with van der Waals surface area (Å²) in [6, 6.07) is 20.9. The van der Waals surface area contributed by atoms with E-state index in [1.807, 2.05) is 31.2 Å². The van der Waals surface area contributed by atoms with E-state index in [1.165, 1.54) is 11.1 Å². The molecule has 1 saturated heterocycles. The van der Waals surface area contributed by atoms with Crippen LogP contribution in [0.3, 0.4) is 0 Å². The number of halogens is 1. The van der Waals surface area contributed by atoms with Crippen LogP contribution in [0, 0.1) is 6.92 Å². The molecule has 0 bridgehead atoms. The molecule has 0 spiro atoms. The Morgan fingerprint density at radius 2 is 1.79 bits per heavy atom. The van der Waals surface area contributed by atoms with Crippen LogP contribution in [0.4, 0.5) is 11.4 Å². The van der Waals surface area contributed by atoms with E-state index in [0.29, 0.717) is 27.7 Å². The van der Waals surface area contributed by atoms with Gasteiger partial charge in [0, 0.05) is 16.3 Å². The van der Waals surface area contributed by atoms with Crippen molar-refractivity contribution in [1.29, 1.82) is 0 Å². The van der Waals surface area contributed by atoms with E-state index in [-0.39, 0.29) is 18.1 Å². The Labute approximate surface area is 195 Å². The summed E-state index contributed by atoms with van der Waals surface area (Å²) < 4.78 is 5.69. The Bertz CT molecular complexity index is 1260. The highest BCUT2D eigenvalue weighted by atomic mass is 35.5. The van der Waals surface area contributed by atoms with E-state index in [2.05, 4.69) is 10.7 Å². The standard InChI is InChI=1S/C25H20ClN3O4/c1-16-7-5-6-10-21(16)27-23(30)15-33-22-12-11-18(26)13-17(22)14-20-24(31)28-29(25(20)32)19-8-3-2-4-9-19/h2-14H,15H2,1H3,(H,27,30)(H,28,31). The van der Waals surface area contributed by atoms with Crippen LogP contribution in [0.1, 0.15) is 11.1 Å². The lowest BCUT2D eigenvalue weighted by Gasteiger charge is -2.14. The van der Waals surface area contributed by atoms with E-state index in [0.717, 1.165) is 5.56 Å². The van der Waals surface area contributed by atoms with E-state index in [1.54, 1.807) is 48.5 Å². The van der Waals surface area contributed by atoms with Crippen LogP contribution in [0.15, 0.2) is 78.4 Å². The molecule has 3 aromatic carbocycles. The molecule has 3 amide bonds. The Kier molecular flexibility index (Phi) is 6.42. The Balaban J connectivity index is 1.53. The summed E-state index contributed by atoms with van der Waals surface area (Å²) in [7, 11) is 0. The molecule has 0 saturated carbocycles. The normalized spacial score (nSPS) is 14.4. The SMILES string of the molecule is Cc1ccccc1NC(=O)COc1ccc(Cl)cc1C=C1C(=O)NN(c2ccccc2)C1=O. The average Bonchev–Trinajstić information content (AvgIpc) is 3.09. The van der Waals surface area contributed by atoms with Gasteiger partial charge in [0.05, 0.1) is 5.69 Å². The summed E-state index contributed by atoms with van der Waals surface area (Å²) in [5, 5.41) is 4.36. The van der Waals surface area contributed by atoms with Crippen LogP contribution >= 0.6 is 11.6 Å². The molecule has 4 rings (SSSR count). The minimum atomic E-state index is -0.549. The summed E-state index contributed by atoms with van der Waals surface area (Å²) in [4.78, 5) is 37.7. The number of rotatable bonds is 6. The van der Waals surface area contributed by atoms with Crippen LogP contribution < -0.4 is 20.5 Å². The van der Waals surface area contributed by atoms with Crippen molar-refractivity contribution in [2.24, 2.45) is 0 Å². The molecular formula is C25H20ClN3O4. The first-order valence-electron chi connectivity index (χ1n) is 10.1. The van der Waals surface area contributed by atoms with Crippen LogP contribution in [0.5, 0.6) is 5.75 Å². The third-order valence-electron chi connectivity index (χ3n) is 4.96. The summed E-state index contributed by atoms with van der Waals surface area (Å²) >= 11 is 6.13. The van der Waals surface area contributed by atoms with Gasteiger partial charge in [-0.25, -0.2) is 5.01 Å². The molecule has 33 heavy (non-hydrogen) atoms. The molecule has 0 radical (unpaired) electrons. The third kappa shape index (κ3) is 5.05. The third-order valence-corrected chi connectivity index (χ3v) is 5.19. The van der Waals surface area contributed by atoms with Crippen LogP contribution in [-0.4, -0.2) is 24.3 Å². The molecular weight excluding hydrogens is 442 g/mol. The lowest BCUT2D eigenvalue weighted by atomic mass is 10.1. The molecule has 2 N–H and O–H groups in total. The highest BCUT2D eigenvalue weighted by Gasteiger charge is 2.34. The monoisotopic (exact) mass is 461 g/mol. The number of nitrogens with one attached hydrogen (secondary N) is 2. The van der Waals surface area contributed by atoms with Gasteiger partial charge < -0.3 is 10.1 Å². The zero-order valence-corrected chi connectivity index (χ0v) is 18.4.